The number of para-hydroxylation sites is 2. The molecule has 2 heterocycles. The molecule has 0 N–H and O–H groups in total. The van der Waals surface area contributed by atoms with Gasteiger partial charge in [0.25, 0.3) is 5.56 Å². The second-order valence-electron chi connectivity index (χ2n) is 7.43. The van der Waals surface area contributed by atoms with Gasteiger partial charge in [0, 0.05) is 24.0 Å². The minimum atomic E-state index is -0.293. The average Bonchev–Trinajstić information content (AvgIpc) is 2.68. The SMILES string of the molecule is Cn1c2ccccc2c(=O)c2c(=O)n(-c3ccccc3)c(C3CCC3)c(Cl)c21. The van der Waals surface area contributed by atoms with Crippen LogP contribution >= 0.6 is 11.6 Å². The summed E-state index contributed by atoms with van der Waals surface area (Å²) < 4.78 is 3.54. The Morgan fingerprint density at radius 3 is 2.32 bits per heavy atom. The highest BCUT2D eigenvalue weighted by Gasteiger charge is 2.30. The van der Waals surface area contributed by atoms with Crippen molar-refractivity contribution in [2.24, 2.45) is 7.05 Å². The average molecular weight is 391 g/mol. The predicted octanol–water partition coefficient (Wildman–Crippen LogP) is 4.76. The van der Waals surface area contributed by atoms with Crippen LogP contribution < -0.4 is 11.0 Å². The van der Waals surface area contributed by atoms with Crippen molar-refractivity contribution < 1.29 is 0 Å². The van der Waals surface area contributed by atoms with E-state index in [9.17, 15) is 9.59 Å². The molecule has 5 rings (SSSR count). The van der Waals surface area contributed by atoms with Gasteiger partial charge in [-0.1, -0.05) is 48.4 Å². The van der Waals surface area contributed by atoms with Gasteiger partial charge < -0.3 is 4.57 Å². The van der Waals surface area contributed by atoms with Gasteiger partial charge in [0.2, 0.25) is 5.43 Å². The van der Waals surface area contributed by atoms with Gasteiger partial charge in [0.1, 0.15) is 5.39 Å². The standard InChI is InChI=1S/C23H19ClN2O2/c1-25-17-13-6-5-12-16(17)22(27)18-21(25)19(24)20(14-8-7-9-14)26(23(18)28)15-10-3-2-4-11-15/h2-6,10-14H,7-9H2,1H3. The summed E-state index contributed by atoms with van der Waals surface area (Å²) in [6, 6.07) is 16.8. The van der Waals surface area contributed by atoms with Crippen LogP contribution in [0.25, 0.3) is 27.5 Å². The van der Waals surface area contributed by atoms with E-state index < -0.39 is 0 Å². The predicted molar refractivity (Wildman–Crippen MR) is 114 cm³/mol. The fraction of sp³-hybridized carbons (Fsp3) is 0.217. The molecule has 0 bridgehead atoms. The molecule has 4 nitrogen and oxygen atoms in total. The lowest BCUT2D eigenvalue weighted by molar-refractivity contribution is 0.404. The van der Waals surface area contributed by atoms with Gasteiger partial charge >= 0.3 is 0 Å². The summed E-state index contributed by atoms with van der Waals surface area (Å²) in [6.45, 7) is 0. The summed E-state index contributed by atoms with van der Waals surface area (Å²) in [5.41, 5.74) is 2.32. The fourth-order valence-electron chi connectivity index (χ4n) is 4.26. The molecular formula is C23H19ClN2O2. The number of aryl methyl sites for hydroxylation is 1. The molecule has 1 aliphatic rings. The van der Waals surface area contributed by atoms with E-state index in [2.05, 4.69) is 0 Å². The van der Waals surface area contributed by atoms with Gasteiger partial charge in [-0.25, -0.2) is 0 Å². The zero-order valence-electron chi connectivity index (χ0n) is 15.5. The van der Waals surface area contributed by atoms with E-state index in [1.807, 2.05) is 60.1 Å². The topological polar surface area (TPSA) is 44.0 Å². The molecule has 0 radical (unpaired) electrons. The molecule has 5 heteroatoms. The Morgan fingerprint density at radius 1 is 0.964 bits per heavy atom. The maximum absolute atomic E-state index is 13.7. The highest BCUT2D eigenvalue weighted by atomic mass is 35.5. The quantitative estimate of drug-likeness (QED) is 0.463. The van der Waals surface area contributed by atoms with E-state index in [1.54, 1.807) is 10.6 Å². The maximum Gasteiger partial charge on any atom is 0.268 e. The summed E-state index contributed by atoms with van der Waals surface area (Å²) in [6.07, 6.45) is 3.12. The van der Waals surface area contributed by atoms with Gasteiger partial charge in [0.05, 0.1) is 21.7 Å². The first kappa shape index (κ1) is 17.3. The first-order valence-corrected chi connectivity index (χ1v) is 9.88. The second kappa shape index (κ2) is 6.35. The van der Waals surface area contributed by atoms with Crippen LogP contribution in [0.5, 0.6) is 0 Å². The van der Waals surface area contributed by atoms with Gasteiger partial charge in [-0.3, -0.25) is 14.2 Å². The first-order valence-electron chi connectivity index (χ1n) is 9.51. The fourth-order valence-corrected chi connectivity index (χ4v) is 4.72. The van der Waals surface area contributed by atoms with E-state index in [1.165, 1.54) is 0 Å². The third-order valence-corrected chi connectivity index (χ3v) is 6.28. The summed E-state index contributed by atoms with van der Waals surface area (Å²) in [5, 5.41) is 1.19. The van der Waals surface area contributed by atoms with Crippen molar-refractivity contribution in [2.45, 2.75) is 25.2 Å². The number of nitrogens with zero attached hydrogens (tertiary/aromatic N) is 2. The molecule has 0 amide bonds. The normalized spacial score (nSPS) is 14.5. The number of aromatic nitrogens is 2. The highest BCUT2D eigenvalue weighted by Crippen LogP contribution is 2.42. The van der Waals surface area contributed by atoms with Crippen LogP contribution in [0, 0.1) is 0 Å². The summed E-state index contributed by atoms with van der Waals surface area (Å²) in [4.78, 5) is 26.9. The second-order valence-corrected chi connectivity index (χ2v) is 7.81. The van der Waals surface area contributed by atoms with Crippen molar-refractivity contribution in [1.82, 2.24) is 9.13 Å². The van der Waals surface area contributed by atoms with E-state index in [0.29, 0.717) is 15.9 Å². The van der Waals surface area contributed by atoms with Crippen LogP contribution in [-0.4, -0.2) is 9.13 Å². The van der Waals surface area contributed by atoms with Crippen LogP contribution in [-0.2, 0) is 7.05 Å². The van der Waals surface area contributed by atoms with Crippen molar-refractivity contribution in [1.29, 1.82) is 0 Å². The Labute approximate surface area is 166 Å². The van der Waals surface area contributed by atoms with E-state index in [-0.39, 0.29) is 22.3 Å². The van der Waals surface area contributed by atoms with Gasteiger partial charge in [0.15, 0.2) is 0 Å². The molecule has 28 heavy (non-hydrogen) atoms. The molecule has 4 aromatic rings. The number of fused-ring (bicyclic) bond motifs is 2. The van der Waals surface area contributed by atoms with Crippen LogP contribution in [0.2, 0.25) is 5.02 Å². The van der Waals surface area contributed by atoms with Gasteiger partial charge in [-0.2, -0.15) is 0 Å². The monoisotopic (exact) mass is 390 g/mol. The Morgan fingerprint density at radius 2 is 1.64 bits per heavy atom. The number of benzene rings is 2. The Bertz CT molecular complexity index is 1350. The van der Waals surface area contributed by atoms with Crippen molar-refractivity contribution in [3.05, 3.63) is 85.9 Å². The molecule has 140 valence electrons. The highest BCUT2D eigenvalue weighted by molar-refractivity contribution is 6.36. The van der Waals surface area contributed by atoms with Crippen molar-refractivity contribution >= 4 is 33.4 Å². The zero-order chi connectivity index (χ0) is 19.4. The van der Waals surface area contributed by atoms with Crippen LogP contribution in [0.3, 0.4) is 0 Å². The van der Waals surface area contributed by atoms with E-state index in [4.69, 9.17) is 11.6 Å². The van der Waals surface area contributed by atoms with Crippen molar-refractivity contribution in [3.63, 3.8) is 0 Å². The lowest BCUT2D eigenvalue weighted by Gasteiger charge is -2.30. The minimum Gasteiger partial charge on any atom is -0.342 e. The van der Waals surface area contributed by atoms with Crippen molar-refractivity contribution in [3.8, 4) is 5.69 Å². The maximum atomic E-state index is 13.7. The molecular weight excluding hydrogens is 372 g/mol. The molecule has 0 unspecified atom stereocenters. The number of halogens is 1. The summed E-state index contributed by atoms with van der Waals surface area (Å²) in [5.74, 6) is 0.228. The Kier molecular flexibility index (Phi) is 3.91. The molecule has 0 saturated heterocycles. The minimum absolute atomic E-state index is 0.151. The number of hydrogen-bond acceptors (Lipinski definition) is 2. The molecule has 0 atom stereocenters. The van der Waals surface area contributed by atoms with Gasteiger partial charge in [-0.15, -0.1) is 0 Å². The molecule has 1 saturated carbocycles. The number of rotatable bonds is 2. The number of hydrogen-bond donors (Lipinski definition) is 0. The van der Waals surface area contributed by atoms with Crippen molar-refractivity contribution in [2.75, 3.05) is 0 Å². The molecule has 1 fully saturated rings. The summed E-state index contributed by atoms with van der Waals surface area (Å²) in [7, 11) is 1.87. The Hall–Kier alpha value is -2.85. The van der Waals surface area contributed by atoms with Crippen LogP contribution in [0.15, 0.2) is 64.2 Å². The zero-order valence-corrected chi connectivity index (χ0v) is 16.2. The van der Waals surface area contributed by atoms with Gasteiger partial charge in [-0.05, 0) is 37.1 Å². The Balaban J connectivity index is 2.04. The third kappa shape index (κ3) is 2.31. The third-order valence-electron chi connectivity index (χ3n) is 5.91. The molecule has 0 spiro atoms. The van der Waals surface area contributed by atoms with Crippen LogP contribution in [0.1, 0.15) is 30.9 Å². The van der Waals surface area contributed by atoms with E-state index in [0.717, 1.165) is 36.2 Å². The van der Waals surface area contributed by atoms with E-state index >= 15 is 0 Å². The summed E-state index contributed by atoms with van der Waals surface area (Å²) >= 11 is 6.93. The first-order chi connectivity index (χ1) is 13.6. The lowest BCUT2D eigenvalue weighted by atomic mass is 9.82. The van der Waals surface area contributed by atoms with Crippen LogP contribution in [0.4, 0.5) is 0 Å². The smallest absolute Gasteiger partial charge is 0.268 e. The lowest BCUT2D eigenvalue weighted by Crippen LogP contribution is -2.31. The molecule has 0 aliphatic heterocycles. The largest absolute Gasteiger partial charge is 0.342 e. The number of pyridine rings is 2. The molecule has 2 aromatic carbocycles. The molecule has 1 aliphatic carbocycles. The molecule has 2 aromatic heterocycles.